The van der Waals surface area contributed by atoms with Gasteiger partial charge in [-0.3, -0.25) is 4.79 Å². The molecule has 1 N–H and O–H groups in total. The van der Waals surface area contributed by atoms with Crippen molar-refractivity contribution in [1.82, 2.24) is 10.2 Å². The van der Waals surface area contributed by atoms with Crippen molar-refractivity contribution in [3.05, 3.63) is 34.6 Å². The summed E-state index contributed by atoms with van der Waals surface area (Å²) in [5.41, 5.74) is 1.14. The van der Waals surface area contributed by atoms with Gasteiger partial charge in [-0.1, -0.05) is 17.7 Å². The molecule has 0 bridgehead atoms. The Morgan fingerprint density at radius 3 is 2.87 bits per heavy atom. The highest BCUT2D eigenvalue weighted by atomic mass is 35.5. The summed E-state index contributed by atoms with van der Waals surface area (Å²) in [6.07, 6.45) is 4.41. The molecule has 2 saturated heterocycles. The average Bonchev–Trinajstić information content (AvgIpc) is 2.85. The molecule has 0 saturated carbocycles. The maximum atomic E-state index is 13.5. The number of aryl methyl sites for hydroxylation is 1. The Balaban J connectivity index is 1.58. The number of nitrogens with one attached hydrogen (secondary N) is 1. The maximum absolute atomic E-state index is 13.5. The third-order valence-corrected chi connectivity index (χ3v) is 5.67. The van der Waals surface area contributed by atoms with Crippen molar-refractivity contribution in [3.8, 4) is 0 Å². The predicted molar refractivity (Wildman–Crippen MR) is 90.1 cm³/mol. The van der Waals surface area contributed by atoms with Crippen LogP contribution in [0.5, 0.6) is 0 Å². The molecule has 3 nitrogen and oxygen atoms in total. The molecule has 3 rings (SSSR count). The lowest BCUT2D eigenvalue weighted by atomic mass is 9.77. The number of carbonyl (C=O) groups excluding carboxylic acids is 1. The second kappa shape index (κ2) is 6.78. The highest BCUT2D eigenvalue weighted by molar-refractivity contribution is 6.30. The van der Waals surface area contributed by atoms with Gasteiger partial charge in [0.2, 0.25) is 5.91 Å². The zero-order valence-corrected chi connectivity index (χ0v) is 14.3. The van der Waals surface area contributed by atoms with E-state index in [2.05, 4.69) is 12.2 Å². The minimum absolute atomic E-state index is 0.126. The van der Waals surface area contributed by atoms with Gasteiger partial charge in [0.25, 0.3) is 0 Å². The fourth-order valence-electron chi connectivity index (χ4n) is 4.06. The number of amides is 1. The maximum Gasteiger partial charge on any atom is 0.223 e. The molecule has 1 amide bonds. The van der Waals surface area contributed by atoms with Crippen molar-refractivity contribution in [3.63, 3.8) is 0 Å². The number of carbonyl (C=O) groups is 1. The van der Waals surface area contributed by atoms with Crippen LogP contribution in [-0.4, -0.2) is 36.5 Å². The van der Waals surface area contributed by atoms with E-state index in [9.17, 15) is 9.18 Å². The van der Waals surface area contributed by atoms with Crippen LogP contribution in [0.1, 0.15) is 38.2 Å². The largest absolute Gasteiger partial charge is 0.339 e. The molecule has 2 fully saturated rings. The zero-order chi connectivity index (χ0) is 16.4. The van der Waals surface area contributed by atoms with Crippen LogP contribution >= 0.6 is 11.6 Å². The van der Waals surface area contributed by atoms with Gasteiger partial charge in [-0.2, -0.15) is 0 Å². The molecule has 23 heavy (non-hydrogen) atoms. The van der Waals surface area contributed by atoms with Crippen LogP contribution in [0.4, 0.5) is 4.39 Å². The van der Waals surface area contributed by atoms with Crippen molar-refractivity contribution in [2.75, 3.05) is 19.6 Å². The molecule has 1 unspecified atom stereocenters. The molecule has 1 spiro atoms. The van der Waals surface area contributed by atoms with E-state index < -0.39 is 5.82 Å². The summed E-state index contributed by atoms with van der Waals surface area (Å²) >= 11 is 5.69. The Hall–Kier alpha value is -1.13. The lowest BCUT2D eigenvalue weighted by molar-refractivity contribution is -0.132. The zero-order valence-electron chi connectivity index (χ0n) is 13.6. The number of hydrogen-bond acceptors (Lipinski definition) is 2. The Labute approximate surface area is 142 Å². The van der Waals surface area contributed by atoms with Crippen LogP contribution in [0.15, 0.2) is 18.2 Å². The van der Waals surface area contributed by atoms with E-state index in [-0.39, 0.29) is 10.9 Å². The van der Waals surface area contributed by atoms with Gasteiger partial charge < -0.3 is 10.2 Å². The summed E-state index contributed by atoms with van der Waals surface area (Å²) in [5, 5.41) is 3.53. The molecule has 1 aromatic carbocycles. The van der Waals surface area contributed by atoms with Gasteiger partial charge in [0.1, 0.15) is 5.82 Å². The number of likely N-dealkylation sites (tertiary alicyclic amines) is 1. The lowest BCUT2D eigenvalue weighted by Crippen LogP contribution is -2.40. The van der Waals surface area contributed by atoms with Gasteiger partial charge in [-0.05, 0) is 68.8 Å². The van der Waals surface area contributed by atoms with Crippen molar-refractivity contribution < 1.29 is 9.18 Å². The minimum atomic E-state index is -0.417. The Morgan fingerprint density at radius 2 is 2.17 bits per heavy atom. The highest BCUT2D eigenvalue weighted by Crippen LogP contribution is 2.42. The van der Waals surface area contributed by atoms with Crippen LogP contribution in [0.2, 0.25) is 5.02 Å². The summed E-state index contributed by atoms with van der Waals surface area (Å²) in [6.45, 7) is 5.14. The highest BCUT2D eigenvalue weighted by Gasteiger charge is 2.44. The molecule has 126 valence electrons. The monoisotopic (exact) mass is 338 g/mol. The molecule has 1 atom stereocenters. The van der Waals surface area contributed by atoms with Crippen LogP contribution in [-0.2, 0) is 11.2 Å². The number of piperidine rings is 1. The first-order valence-corrected chi connectivity index (χ1v) is 8.81. The third kappa shape index (κ3) is 3.69. The molecule has 0 aliphatic carbocycles. The third-order valence-electron chi connectivity index (χ3n) is 5.36. The first-order valence-electron chi connectivity index (χ1n) is 8.43. The summed E-state index contributed by atoms with van der Waals surface area (Å²) in [5.74, 6) is -0.233. The molecule has 2 heterocycles. The van der Waals surface area contributed by atoms with Gasteiger partial charge in [-0.15, -0.1) is 0 Å². The van der Waals surface area contributed by atoms with E-state index in [1.807, 2.05) is 4.90 Å². The van der Waals surface area contributed by atoms with Gasteiger partial charge in [0.05, 0.1) is 5.02 Å². The van der Waals surface area contributed by atoms with E-state index in [1.54, 1.807) is 12.1 Å². The van der Waals surface area contributed by atoms with E-state index in [4.69, 9.17) is 11.6 Å². The van der Waals surface area contributed by atoms with Crippen LogP contribution in [0, 0.1) is 11.2 Å². The first-order chi connectivity index (χ1) is 11.0. The molecule has 5 heteroatoms. The lowest BCUT2D eigenvalue weighted by Gasteiger charge is -2.33. The van der Waals surface area contributed by atoms with E-state index in [0.717, 1.165) is 44.5 Å². The molecular weight excluding hydrogens is 315 g/mol. The standard InChI is InChI=1S/C18H24ClFN2O/c1-13-11-18(6-8-21-9-7-18)12-22(13)17(23)5-3-14-2-4-15(19)16(20)10-14/h2,4,10,13,21H,3,5-9,11-12H2,1H3. The number of hydrogen-bond donors (Lipinski definition) is 1. The summed E-state index contributed by atoms with van der Waals surface area (Å²) in [7, 11) is 0. The quantitative estimate of drug-likeness (QED) is 0.916. The molecule has 2 aliphatic rings. The van der Waals surface area contributed by atoms with E-state index in [0.29, 0.717) is 24.3 Å². The smallest absolute Gasteiger partial charge is 0.223 e. The van der Waals surface area contributed by atoms with Crippen LogP contribution < -0.4 is 5.32 Å². The SMILES string of the molecule is CC1CC2(CCNCC2)CN1C(=O)CCc1ccc(Cl)c(F)c1. The Bertz CT molecular complexity index is 586. The van der Waals surface area contributed by atoms with E-state index >= 15 is 0 Å². The summed E-state index contributed by atoms with van der Waals surface area (Å²) in [6, 6.07) is 5.08. The predicted octanol–water partition coefficient (Wildman–Crippen LogP) is 3.40. The number of rotatable bonds is 3. The molecular formula is C18H24ClFN2O. The Kier molecular flexibility index (Phi) is 4.93. The van der Waals surface area contributed by atoms with E-state index in [1.165, 1.54) is 6.07 Å². The average molecular weight is 339 g/mol. The second-order valence-electron chi connectivity index (χ2n) is 7.07. The van der Waals surface area contributed by atoms with Crippen molar-refractivity contribution in [1.29, 1.82) is 0 Å². The fourth-order valence-corrected chi connectivity index (χ4v) is 4.18. The number of benzene rings is 1. The van der Waals surface area contributed by atoms with Crippen molar-refractivity contribution in [2.24, 2.45) is 5.41 Å². The van der Waals surface area contributed by atoms with Crippen LogP contribution in [0.25, 0.3) is 0 Å². The van der Waals surface area contributed by atoms with Gasteiger partial charge in [0, 0.05) is 19.0 Å². The van der Waals surface area contributed by atoms with Gasteiger partial charge >= 0.3 is 0 Å². The van der Waals surface area contributed by atoms with Gasteiger partial charge in [-0.25, -0.2) is 4.39 Å². The number of nitrogens with zero attached hydrogens (tertiary/aromatic N) is 1. The fraction of sp³-hybridized carbons (Fsp3) is 0.611. The minimum Gasteiger partial charge on any atom is -0.339 e. The first kappa shape index (κ1) is 16.7. The van der Waals surface area contributed by atoms with Crippen molar-refractivity contribution >= 4 is 17.5 Å². The molecule has 1 aromatic rings. The summed E-state index contributed by atoms with van der Waals surface area (Å²) in [4.78, 5) is 14.6. The van der Waals surface area contributed by atoms with Crippen molar-refractivity contribution in [2.45, 2.75) is 45.1 Å². The second-order valence-corrected chi connectivity index (χ2v) is 7.48. The topological polar surface area (TPSA) is 32.3 Å². The number of halogens is 2. The molecule has 0 radical (unpaired) electrons. The van der Waals surface area contributed by atoms with Crippen LogP contribution in [0.3, 0.4) is 0 Å². The Morgan fingerprint density at radius 1 is 1.43 bits per heavy atom. The molecule has 0 aromatic heterocycles. The molecule has 2 aliphatic heterocycles. The normalized spacial score (nSPS) is 23.4. The summed E-state index contributed by atoms with van der Waals surface area (Å²) < 4.78 is 13.5. The van der Waals surface area contributed by atoms with Gasteiger partial charge in [0.15, 0.2) is 0 Å².